The first-order valence-corrected chi connectivity index (χ1v) is 10.7. The lowest BCUT2D eigenvalue weighted by atomic mass is 10.2. The molecular weight excluding hydrogens is 455 g/mol. The van der Waals surface area contributed by atoms with Gasteiger partial charge < -0.3 is 25.6 Å². The zero-order valence-electron chi connectivity index (χ0n) is 19.6. The smallest absolute Gasteiger partial charge is 0.454 e. The van der Waals surface area contributed by atoms with Crippen molar-refractivity contribution in [1.82, 2.24) is 25.8 Å². The number of amides is 2. The first kappa shape index (κ1) is 29.0. The minimum absolute atomic E-state index is 0.0347. The van der Waals surface area contributed by atoms with Crippen molar-refractivity contribution >= 4 is 17.8 Å². The van der Waals surface area contributed by atoms with Crippen LogP contribution in [0.15, 0.2) is 31.0 Å². The molecule has 9 nitrogen and oxygen atoms in total. The number of esters is 1. The number of pyridine rings is 1. The number of carbonyl (C=O) groups excluding carboxylic acids is 3. The molecule has 12 heteroatoms. The number of halogens is 3. The molecule has 0 saturated carbocycles. The predicted molar refractivity (Wildman–Crippen MR) is 120 cm³/mol. The van der Waals surface area contributed by atoms with Gasteiger partial charge in [0.15, 0.2) is 0 Å². The van der Waals surface area contributed by atoms with Gasteiger partial charge in [-0.2, -0.15) is 13.2 Å². The number of hydrogen-bond acceptors (Lipinski definition) is 7. The van der Waals surface area contributed by atoms with Gasteiger partial charge in [-0.1, -0.05) is 12.7 Å². The molecule has 1 aromatic rings. The minimum Gasteiger partial charge on any atom is -0.454 e. The van der Waals surface area contributed by atoms with E-state index in [-0.39, 0.29) is 43.6 Å². The van der Waals surface area contributed by atoms with Crippen molar-refractivity contribution in [3.05, 3.63) is 42.2 Å². The molecule has 190 valence electrons. The van der Waals surface area contributed by atoms with Gasteiger partial charge in [0.05, 0.1) is 17.8 Å². The van der Waals surface area contributed by atoms with Gasteiger partial charge in [0, 0.05) is 31.7 Å². The molecule has 0 aliphatic rings. The Morgan fingerprint density at radius 3 is 2.59 bits per heavy atom. The van der Waals surface area contributed by atoms with E-state index in [2.05, 4.69) is 22.2 Å². The lowest BCUT2D eigenvalue weighted by Crippen LogP contribution is -2.40. The molecule has 1 aromatic heterocycles. The number of ether oxygens (including phenoxy) is 1. The first-order valence-electron chi connectivity index (χ1n) is 10.7. The Kier molecular flexibility index (Phi) is 12.2. The average molecular weight is 488 g/mol. The van der Waals surface area contributed by atoms with Crippen LogP contribution in [0.2, 0.25) is 0 Å². The summed E-state index contributed by atoms with van der Waals surface area (Å²) in [7, 11) is 3.92. The standard InChI is InChI=1S/C22H32F3N5O4/c1-5-18(7-10-28-21(33)22(23,24)25)34-20(32)16-6-9-27-17(12-16)13-26-14-19(31)29-15(2)8-11-30(3)4/h5-6,9,12,15,18,26H,1,7-8,10-11,13-14H2,2-4H3,(H,28,33)(H,29,31). The van der Waals surface area contributed by atoms with Crippen LogP contribution in [0.5, 0.6) is 0 Å². The first-order chi connectivity index (χ1) is 15.9. The molecule has 0 spiro atoms. The number of carbonyl (C=O) groups is 3. The van der Waals surface area contributed by atoms with E-state index in [1.54, 1.807) is 5.32 Å². The predicted octanol–water partition coefficient (Wildman–Crippen LogP) is 1.41. The largest absolute Gasteiger partial charge is 0.471 e. The lowest BCUT2D eigenvalue weighted by molar-refractivity contribution is -0.173. The fourth-order valence-corrected chi connectivity index (χ4v) is 2.71. The molecule has 0 aliphatic carbocycles. The second kappa shape index (κ2) is 14.3. The summed E-state index contributed by atoms with van der Waals surface area (Å²) in [6, 6.07) is 2.95. The molecule has 1 rings (SSSR count). The molecule has 0 bridgehead atoms. The Labute approximate surface area is 197 Å². The molecule has 2 amide bonds. The highest BCUT2D eigenvalue weighted by atomic mass is 19.4. The van der Waals surface area contributed by atoms with Crippen LogP contribution < -0.4 is 16.0 Å². The van der Waals surface area contributed by atoms with E-state index < -0.39 is 24.2 Å². The van der Waals surface area contributed by atoms with Crippen molar-refractivity contribution in [2.45, 2.75) is 44.6 Å². The quantitative estimate of drug-likeness (QED) is 0.269. The van der Waals surface area contributed by atoms with Crippen LogP contribution in [-0.4, -0.2) is 79.7 Å². The minimum atomic E-state index is -4.98. The Morgan fingerprint density at radius 2 is 1.97 bits per heavy atom. The highest BCUT2D eigenvalue weighted by Gasteiger charge is 2.38. The average Bonchev–Trinajstić information content (AvgIpc) is 2.76. The van der Waals surface area contributed by atoms with Crippen LogP contribution in [0.1, 0.15) is 35.8 Å². The Morgan fingerprint density at radius 1 is 1.26 bits per heavy atom. The van der Waals surface area contributed by atoms with Crippen LogP contribution in [0.25, 0.3) is 0 Å². The molecule has 1 heterocycles. The van der Waals surface area contributed by atoms with Gasteiger partial charge in [0.25, 0.3) is 0 Å². The molecule has 34 heavy (non-hydrogen) atoms. The summed E-state index contributed by atoms with van der Waals surface area (Å²) >= 11 is 0. The highest BCUT2D eigenvalue weighted by molar-refractivity contribution is 5.89. The summed E-state index contributed by atoms with van der Waals surface area (Å²) in [5.41, 5.74) is 0.676. The third-order valence-electron chi connectivity index (χ3n) is 4.55. The summed E-state index contributed by atoms with van der Waals surface area (Å²) in [5.74, 6) is -2.94. The molecule has 0 aromatic carbocycles. The molecule has 0 saturated heterocycles. The second-order valence-electron chi connectivity index (χ2n) is 7.92. The fourth-order valence-electron chi connectivity index (χ4n) is 2.71. The van der Waals surface area contributed by atoms with Crippen LogP contribution in [0.3, 0.4) is 0 Å². The van der Waals surface area contributed by atoms with Crippen molar-refractivity contribution in [3.63, 3.8) is 0 Å². The summed E-state index contributed by atoms with van der Waals surface area (Å²) in [6.07, 6.45) is -2.45. The van der Waals surface area contributed by atoms with Gasteiger partial charge in [0.1, 0.15) is 6.10 Å². The molecule has 0 radical (unpaired) electrons. The summed E-state index contributed by atoms with van der Waals surface area (Å²) in [5, 5.41) is 7.55. The van der Waals surface area contributed by atoms with Gasteiger partial charge >= 0.3 is 18.1 Å². The SMILES string of the molecule is C=CC(CCNC(=O)C(F)(F)F)OC(=O)c1ccnc(CNCC(=O)NC(C)CCN(C)C)c1. The molecule has 2 unspecified atom stereocenters. The molecular formula is C22H32F3N5O4. The topological polar surface area (TPSA) is 113 Å². The normalized spacial score (nSPS) is 13.1. The summed E-state index contributed by atoms with van der Waals surface area (Å²) in [6.45, 7) is 6.24. The van der Waals surface area contributed by atoms with E-state index in [4.69, 9.17) is 4.74 Å². The van der Waals surface area contributed by atoms with Crippen molar-refractivity contribution < 1.29 is 32.3 Å². The van der Waals surface area contributed by atoms with Crippen LogP contribution in [0, 0.1) is 0 Å². The number of aromatic nitrogens is 1. The van der Waals surface area contributed by atoms with Gasteiger partial charge in [-0.05, 0) is 46.1 Å². The van der Waals surface area contributed by atoms with Crippen LogP contribution in [0.4, 0.5) is 13.2 Å². The maximum absolute atomic E-state index is 12.4. The Hall–Kier alpha value is -2.99. The van der Waals surface area contributed by atoms with Gasteiger partial charge in [-0.15, -0.1) is 0 Å². The van der Waals surface area contributed by atoms with Crippen molar-refractivity contribution in [2.75, 3.05) is 33.7 Å². The van der Waals surface area contributed by atoms with E-state index in [0.717, 1.165) is 13.0 Å². The van der Waals surface area contributed by atoms with E-state index in [1.807, 2.05) is 25.9 Å². The van der Waals surface area contributed by atoms with Crippen molar-refractivity contribution in [1.29, 1.82) is 0 Å². The van der Waals surface area contributed by atoms with Gasteiger partial charge in [-0.3, -0.25) is 14.6 Å². The second-order valence-corrected chi connectivity index (χ2v) is 7.92. The molecule has 2 atom stereocenters. The maximum Gasteiger partial charge on any atom is 0.471 e. The number of rotatable bonds is 14. The number of nitrogens with zero attached hydrogens (tertiary/aromatic N) is 2. The third-order valence-corrected chi connectivity index (χ3v) is 4.55. The van der Waals surface area contributed by atoms with E-state index >= 15 is 0 Å². The molecule has 0 aliphatic heterocycles. The number of alkyl halides is 3. The fraction of sp³-hybridized carbons (Fsp3) is 0.545. The third kappa shape index (κ3) is 11.8. The van der Waals surface area contributed by atoms with Crippen LogP contribution >= 0.6 is 0 Å². The lowest BCUT2D eigenvalue weighted by Gasteiger charge is -2.17. The summed E-state index contributed by atoms with van der Waals surface area (Å²) < 4.78 is 41.9. The Bertz CT molecular complexity index is 833. The van der Waals surface area contributed by atoms with Gasteiger partial charge in [0.2, 0.25) is 5.91 Å². The maximum atomic E-state index is 12.4. The van der Waals surface area contributed by atoms with E-state index in [1.165, 1.54) is 24.4 Å². The van der Waals surface area contributed by atoms with E-state index in [9.17, 15) is 27.6 Å². The summed E-state index contributed by atoms with van der Waals surface area (Å²) in [4.78, 5) is 41.4. The Balaban J connectivity index is 2.48. The van der Waals surface area contributed by atoms with E-state index in [0.29, 0.717) is 5.69 Å². The zero-order valence-corrected chi connectivity index (χ0v) is 19.6. The van der Waals surface area contributed by atoms with Crippen molar-refractivity contribution in [2.24, 2.45) is 0 Å². The zero-order chi connectivity index (χ0) is 25.7. The van der Waals surface area contributed by atoms with Crippen LogP contribution in [-0.2, 0) is 20.9 Å². The monoisotopic (exact) mass is 487 g/mol. The molecule has 0 fully saturated rings. The van der Waals surface area contributed by atoms with Gasteiger partial charge in [-0.25, -0.2) is 4.79 Å². The highest BCUT2D eigenvalue weighted by Crippen LogP contribution is 2.14. The van der Waals surface area contributed by atoms with Crippen molar-refractivity contribution in [3.8, 4) is 0 Å². The molecule has 3 N–H and O–H groups in total. The number of nitrogens with one attached hydrogen (secondary N) is 3. The number of hydrogen-bond donors (Lipinski definition) is 3.